The van der Waals surface area contributed by atoms with Crippen LogP contribution in [-0.2, 0) is 17.9 Å². The first-order chi connectivity index (χ1) is 12.5. The molecule has 1 saturated heterocycles. The summed E-state index contributed by atoms with van der Waals surface area (Å²) in [5.41, 5.74) is -0.885. The molecule has 0 aliphatic carbocycles. The predicted octanol–water partition coefficient (Wildman–Crippen LogP) is 1.39. The second-order valence-electron chi connectivity index (χ2n) is 6.50. The van der Waals surface area contributed by atoms with Gasteiger partial charge < -0.3 is 20.1 Å². The minimum absolute atomic E-state index is 0.154. The van der Waals surface area contributed by atoms with Gasteiger partial charge in [-0.3, -0.25) is 9.89 Å². The number of amides is 2. The smallest absolute Gasteiger partial charge is 0.317 e. The number of para-hydroxylation sites is 1. The summed E-state index contributed by atoms with van der Waals surface area (Å²) in [5, 5.41) is 18.7. The lowest BCUT2D eigenvalue weighted by Gasteiger charge is -2.20. The van der Waals surface area contributed by atoms with Crippen LogP contribution in [0, 0.1) is 5.41 Å². The van der Waals surface area contributed by atoms with Crippen LogP contribution < -0.4 is 10.1 Å². The average molecular weight is 359 g/mol. The molecule has 1 aromatic carbocycles. The fourth-order valence-electron chi connectivity index (χ4n) is 2.72. The number of ether oxygens (including phenoxy) is 1. The van der Waals surface area contributed by atoms with E-state index in [4.69, 9.17) is 4.74 Å². The van der Waals surface area contributed by atoms with Gasteiger partial charge in [-0.2, -0.15) is 5.10 Å². The van der Waals surface area contributed by atoms with Crippen molar-refractivity contribution in [3.05, 3.63) is 42.0 Å². The number of nitrogens with zero attached hydrogens (tertiary/aromatic N) is 3. The monoisotopic (exact) mass is 359 g/mol. The molecule has 3 rings (SSSR count). The Morgan fingerprint density at radius 1 is 1.38 bits per heavy atom. The number of H-pyrrole nitrogens is 1. The van der Waals surface area contributed by atoms with E-state index in [1.807, 2.05) is 30.3 Å². The first-order valence-electron chi connectivity index (χ1n) is 8.30. The van der Waals surface area contributed by atoms with Gasteiger partial charge in [0.1, 0.15) is 12.4 Å². The minimum atomic E-state index is -0.885. The topological polar surface area (TPSA) is 120 Å². The highest BCUT2D eigenvalue weighted by atomic mass is 16.5. The molecule has 9 heteroatoms. The van der Waals surface area contributed by atoms with Crippen molar-refractivity contribution in [3.8, 4) is 5.75 Å². The van der Waals surface area contributed by atoms with Crippen molar-refractivity contribution in [2.24, 2.45) is 5.41 Å². The summed E-state index contributed by atoms with van der Waals surface area (Å²) in [6.07, 6.45) is 0.442. The van der Waals surface area contributed by atoms with Crippen LogP contribution in [0.2, 0.25) is 0 Å². The van der Waals surface area contributed by atoms with Crippen molar-refractivity contribution in [1.29, 1.82) is 0 Å². The van der Waals surface area contributed by atoms with Crippen LogP contribution in [0.3, 0.4) is 0 Å². The van der Waals surface area contributed by atoms with E-state index >= 15 is 0 Å². The number of rotatable bonds is 6. The van der Waals surface area contributed by atoms with Crippen molar-refractivity contribution >= 4 is 12.0 Å². The summed E-state index contributed by atoms with van der Waals surface area (Å²) in [5.74, 6) is 0.835. The maximum Gasteiger partial charge on any atom is 0.317 e. The number of carboxylic acids is 1. The van der Waals surface area contributed by atoms with E-state index in [9.17, 15) is 14.7 Å². The van der Waals surface area contributed by atoms with Gasteiger partial charge in [-0.1, -0.05) is 18.2 Å². The number of aliphatic carboxylic acids is 1. The molecule has 0 spiro atoms. The Kier molecular flexibility index (Phi) is 5.06. The highest BCUT2D eigenvalue weighted by molar-refractivity contribution is 5.79. The average Bonchev–Trinajstić information content (AvgIpc) is 3.26. The van der Waals surface area contributed by atoms with Gasteiger partial charge in [0.25, 0.3) is 0 Å². The number of likely N-dealkylation sites (tertiary alicyclic amines) is 1. The molecule has 0 radical (unpaired) electrons. The van der Waals surface area contributed by atoms with E-state index < -0.39 is 11.4 Å². The number of carbonyl (C=O) groups is 2. The van der Waals surface area contributed by atoms with Gasteiger partial charge in [0, 0.05) is 13.1 Å². The van der Waals surface area contributed by atoms with Gasteiger partial charge in [0.15, 0.2) is 11.6 Å². The Morgan fingerprint density at radius 2 is 2.15 bits per heavy atom. The fourth-order valence-corrected chi connectivity index (χ4v) is 2.72. The number of benzene rings is 1. The zero-order valence-corrected chi connectivity index (χ0v) is 14.4. The normalized spacial score (nSPS) is 19.3. The van der Waals surface area contributed by atoms with Crippen LogP contribution in [0.15, 0.2) is 30.3 Å². The zero-order chi connectivity index (χ0) is 18.6. The third kappa shape index (κ3) is 4.11. The molecule has 1 unspecified atom stereocenters. The number of hydrogen-bond acceptors (Lipinski definition) is 5. The van der Waals surface area contributed by atoms with E-state index in [-0.39, 0.29) is 25.7 Å². The molecule has 9 nitrogen and oxygen atoms in total. The lowest BCUT2D eigenvalue weighted by atomic mass is 9.90. The van der Waals surface area contributed by atoms with Crippen molar-refractivity contribution in [2.75, 3.05) is 13.1 Å². The molecule has 1 atom stereocenters. The first-order valence-corrected chi connectivity index (χ1v) is 8.30. The number of carboxylic acid groups (broad SMARTS) is 1. The van der Waals surface area contributed by atoms with Gasteiger partial charge in [-0.05, 0) is 25.5 Å². The first kappa shape index (κ1) is 17.7. The molecule has 2 amide bonds. The molecular weight excluding hydrogens is 338 g/mol. The molecular formula is C17H21N5O4. The lowest BCUT2D eigenvalue weighted by molar-refractivity contribution is -0.147. The number of urea groups is 1. The van der Waals surface area contributed by atoms with Crippen LogP contribution in [0.4, 0.5) is 4.79 Å². The standard InChI is InChI=1S/C17H21N5O4/c1-17(15(23)24)7-8-22(11-17)16(25)18-9-13-19-14(21-20-13)10-26-12-5-3-2-4-6-12/h2-6H,7-11H2,1H3,(H,18,25)(H,23,24)(H,19,20,21). The molecule has 0 bridgehead atoms. The summed E-state index contributed by atoms with van der Waals surface area (Å²) in [6.45, 7) is 2.66. The Labute approximate surface area is 150 Å². The van der Waals surface area contributed by atoms with Crippen LogP contribution in [-0.4, -0.2) is 50.3 Å². The summed E-state index contributed by atoms with van der Waals surface area (Å²) < 4.78 is 5.57. The van der Waals surface area contributed by atoms with Crippen LogP contribution in [0.5, 0.6) is 5.75 Å². The summed E-state index contributed by atoms with van der Waals surface area (Å²) in [6, 6.07) is 9.04. The van der Waals surface area contributed by atoms with E-state index in [2.05, 4.69) is 20.5 Å². The second kappa shape index (κ2) is 7.42. The van der Waals surface area contributed by atoms with Gasteiger partial charge in [0.05, 0.1) is 12.0 Å². The maximum atomic E-state index is 12.2. The Bertz CT molecular complexity index is 778. The van der Waals surface area contributed by atoms with E-state index in [0.29, 0.717) is 24.6 Å². The summed E-state index contributed by atoms with van der Waals surface area (Å²) in [4.78, 5) is 29.2. The van der Waals surface area contributed by atoms with Crippen molar-refractivity contribution in [3.63, 3.8) is 0 Å². The van der Waals surface area contributed by atoms with Gasteiger partial charge in [-0.15, -0.1) is 0 Å². The molecule has 2 heterocycles. The second-order valence-corrected chi connectivity index (χ2v) is 6.50. The van der Waals surface area contributed by atoms with E-state index in [1.54, 1.807) is 6.92 Å². The molecule has 3 N–H and O–H groups in total. The van der Waals surface area contributed by atoms with E-state index in [1.165, 1.54) is 4.90 Å². The van der Waals surface area contributed by atoms with Crippen molar-refractivity contribution in [2.45, 2.75) is 26.5 Å². The number of carbonyl (C=O) groups excluding carboxylic acids is 1. The number of aromatic amines is 1. The summed E-state index contributed by atoms with van der Waals surface area (Å²) in [7, 11) is 0. The van der Waals surface area contributed by atoms with Crippen LogP contribution >= 0.6 is 0 Å². The summed E-state index contributed by atoms with van der Waals surface area (Å²) >= 11 is 0. The third-order valence-electron chi connectivity index (χ3n) is 4.37. The molecule has 1 aliphatic rings. The minimum Gasteiger partial charge on any atom is -0.486 e. The van der Waals surface area contributed by atoms with Crippen molar-refractivity contribution in [1.82, 2.24) is 25.4 Å². The maximum absolute atomic E-state index is 12.2. The van der Waals surface area contributed by atoms with Gasteiger partial charge in [0.2, 0.25) is 0 Å². The molecule has 26 heavy (non-hydrogen) atoms. The molecule has 1 fully saturated rings. The SMILES string of the molecule is CC1(C(=O)O)CCN(C(=O)NCc2n[nH]c(COc3ccccc3)n2)C1. The molecule has 1 aliphatic heterocycles. The largest absolute Gasteiger partial charge is 0.486 e. The molecule has 138 valence electrons. The van der Waals surface area contributed by atoms with Crippen LogP contribution in [0.25, 0.3) is 0 Å². The van der Waals surface area contributed by atoms with Gasteiger partial charge >= 0.3 is 12.0 Å². The van der Waals surface area contributed by atoms with Crippen LogP contribution in [0.1, 0.15) is 25.0 Å². The highest BCUT2D eigenvalue weighted by Gasteiger charge is 2.42. The Balaban J connectivity index is 1.46. The number of hydrogen-bond donors (Lipinski definition) is 3. The van der Waals surface area contributed by atoms with E-state index in [0.717, 1.165) is 5.75 Å². The highest BCUT2D eigenvalue weighted by Crippen LogP contribution is 2.29. The lowest BCUT2D eigenvalue weighted by Crippen LogP contribution is -2.40. The number of nitrogens with one attached hydrogen (secondary N) is 2. The quantitative estimate of drug-likeness (QED) is 0.717. The molecule has 2 aromatic rings. The van der Waals surface area contributed by atoms with Gasteiger partial charge in [-0.25, -0.2) is 9.78 Å². The Morgan fingerprint density at radius 3 is 2.85 bits per heavy atom. The predicted molar refractivity (Wildman–Crippen MR) is 91.3 cm³/mol. The molecule has 1 aromatic heterocycles. The third-order valence-corrected chi connectivity index (χ3v) is 4.37. The zero-order valence-electron chi connectivity index (χ0n) is 14.4. The number of aromatic nitrogens is 3. The van der Waals surface area contributed by atoms with Crippen molar-refractivity contribution < 1.29 is 19.4 Å². The Hall–Kier alpha value is -3.10. The fraction of sp³-hybridized carbons (Fsp3) is 0.412. The molecule has 0 saturated carbocycles.